The van der Waals surface area contributed by atoms with E-state index in [1.165, 1.54) is 13.0 Å². The van der Waals surface area contributed by atoms with Gasteiger partial charge in [-0.3, -0.25) is 0 Å². The third kappa shape index (κ3) is 3.19. The van der Waals surface area contributed by atoms with E-state index in [1.54, 1.807) is 0 Å². The van der Waals surface area contributed by atoms with Crippen LogP contribution in [0.25, 0.3) is 0 Å². The quantitative estimate of drug-likeness (QED) is 0.754. The molecule has 25 heavy (non-hydrogen) atoms. The van der Waals surface area contributed by atoms with Crippen molar-refractivity contribution < 1.29 is 25.6 Å². The lowest BCUT2D eigenvalue weighted by Crippen LogP contribution is -2.56. The molecule has 0 atom stereocenters. The summed E-state index contributed by atoms with van der Waals surface area (Å²) in [5.41, 5.74) is 0.192. The Balaban J connectivity index is 1.79. The minimum Gasteiger partial charge on any atom is -0.223 e. The molecule has 2 aromatic carbocycles. The fourth-order valence-electron chi connectivity index (χ4n) is 2.54. The van der Waals surface area contributed by atoms with E-state index in [0.717, 1.165) is 40.7 Å². The highest BCUT2D eigenvalue weighted by Gasteiger charge is 2.44. The maximum absolute atomic E-state index is 13.3. The van der Waals surface area contributed by atoms with Gasteiger partial charge < -0.3 is 0 Å². The molecule has 0 radical (unpaired) electrons. The van der Waals surface area contributed by atoms with Gasteiger partial charge in [-0.1, -0.05) is 0 Å². The summed E-state index contributed by atoms with van der Waals surface area (Å²) in [4.78, 5) is -0.127. The number of sulfonamides is 1. The summed E-state index contributed by atoms with van der Waals surface area (Å²) in [7, 11) is -7.62. The van der Waals surface area contributed by atoms with E-state index in [2.05, 4.69) is 0 Å². The maximum Gasteiger partial charge on any atom is 0.243 e. The van der Waals surface area contributed by atoms with Crippen LogP contribution in [-0.2, 0) is 19.9 Å². The summed E-state index contributed by atoms with van der Waals surface area (Å²) in [6.45, 7) is 1.06. The van der Waals surface area contributed by atoms with Gasteiger partial charge in [-0.05, 0) is 55.0 Å². The Morgan fingerprint density at radius 1 is 0.920 bits per heavy atom. The van der Waals surface area contributed by atoms with E-state index in [1.807, 2.05) is 0 Å². The van der Waals surface area contributed by atoms with Crippen molar-refractivity contribution in [1.29, 1.82) is 0 Å². The molecule has 0 bridgehead atoms. The Morgan fingerprint density at radius 3 is 2.04 bits per heavy atom. The molecule has 0 N–H and O–H groups in total. The average Bonchev–Trinajstić information content (AvgIpc) is 2.48. The van der Waals surface area contributed by atoms with Gasteiger partial charge >= 0.3 is 0 Å². The third-order valence-electron chi connectivity index (χ3n) is 4.16. The number of halogens is 2. The molecule has 0 aromatic heterocycles. The highest BCUT2D eigenvalue weighted by Crippen LogP contribution is 2.29. The second-order valence-electron chi connectivity index (χ2n) is 5.85. The van der Waals surface area contributed by atoms with E-state index in [-0.39, 0.29) is 28.4 Å². The lowest BCUT2D eigenvalue weighted by molar-refractivity contribution is 0.309. The molecule has 1 fully saturated rings. The molecule has 9 heteroatoms. The van der Waals surface area contributed by atoms with E-state index in [0.29, 0.717) is 0 Å². The lowest BCUT2D eigenvalue weighted by atomic mass is 10.2. The van der Waals surface area contributed by atoms with Crippen LogP contribution in [0.2, 0.25) is 0 Å². The van der Waals surface area contributed by atoms with Gasteiger partial charge in [0.1, 0.15) is 11.6 Å². The van der Waals surface area contributed by atoms with Crippen LogP contribution in [0.1, 0.15) is 5.56 Å². The van der Waals surface area contributed by atoms with Crippen molar-refractivity contribution in [3.05, 3.63) is 59.7 Å². The van der Waals surface area contributed by atoms with Gasteiger partial charge in [0.2, 0.25) is 10.0 Å². The van der Waals surface area contributed by atoms with Gasteiger partial charge in [0.05, 0.1) is 15.0 Å². The zero-order chi connectivity index (χ0) is 18.4. The minimum atomic E-state index is -3.88. The summed E-state index contributed by atoms with van der Waals surface area (Å²) in [5, 5.41) is -0.894. The number of benzene rings is 2. The molecule has 3 rings (SSSR count). The van der Waals surface area contributed by atoms with Crippen molar-refractivity contribution in [2.75, 3.05) is 13.1 Å². The average molecular weight is 387 g/mol. The monoisotopic (exact) mass is 387 g/mol. The zero-order valence-corrected chi connectivity index (χ0v) is 14.8. The first-order valence-corrected chi connectivity index (χ1v) is 10.4. The highest BCUT2D eigenvalue weighted by molar-refractivity contribution is 7.92. The van der Waals surface area contributed by atoms with Crippen molar-refractivity contribution >= 4 is 19.9 Å². The van der Waals surface area contributed by atoms with Crippen molar-refractivity contribution in [2.45, 2.75) is 22.0 Å². The second-order valence-corrected chi connectivity index (χ2v) is 10.0. The molecule has 134 valence electrons. The van der Waals surface area contributed by atoms with Crippen molar-refractivity contribution in [3.63, 3.8) is 0 Å². The molecule has 1 aliphatic rings. The van der Waals surface area contributed by atoms with Crippen LogP contribution in [0, 0.1) is 18.6 Å². The fraction of sp³-hybridized carbons (Fsp3) is 0.250. The van der Waals surface area contributed by atoms with Crippen LogP contribution in [-0.4, -0.2) is 39.5 Å². The molecule has 1 saturated heterocycles. The number of sulfone groups is 1. The maximum atomic E-state index is 13.3. The van der Waals surface area contributed by atoms with Gasteiger partial charge in [0.15, 0.2) is 9.84 Å². The van der Waals surface area contributed by atoms with Crippen LogP contribution in [0.5, 0.6) is 0 Å². The highest BCUT2D eigenvalue weighted by atomic mass is 32.2. The molecule has 0 unspecified atom stereocenters. The Hall–Kier alpha value is -1.84. The third-order valence-corrected chi connectivity index (χ3v) is 8.10. The second kappa shape index (κ2) is 6.15. The molecule has 5 nitrogen and oxygen atoms in total. The van der Waals surface area contributed by atoms with E-state index < -0.39 is 36.7 Å². The predicted molar refractivity (Wildman–Crippen MR) is 87.3 cm³/mol. The van der Waals surface area contributed by atoms with Gasteiger partial charge in [-0.2, -0.15) is 4.31 Å². The number of rotatable bonds is 4. The topological polar surface area (TPSA) is 71.5 Å². The van der Waals surface area contributed by atoms with Crippen molar-refractivity contribution in [2.24, 2.45) is 0 Å². The van der Waals surface area contributed by atoms with Crippen LogP contribution in [0.4, 0.5) is 8.78 Å². The van der Waals surface area contributed by atoms with E-state index >= 15 is 0 Å². The standard InChI is InChI=1S/C16H15F2NO4S2/c1-11-8-14(6-7-16(11)18)25(22,23)19-9-15(10-19)24(20,21)13-4-2-12(17)3-5-13/h2-8,15H,9-10H2,1H3. The summed E-state index contributed by atoms with van der Waals surface area (Å²) in [6.07, 6.45) is 0. The fourth-order valence-corrected chi connectivity index (χ4v) is 5.99. The summed E-state index contributed by atoms with van der Waals surface area (Å²) in [6, 6.07) is 7.83. The van der Waals surface area contributed by atoms with E-state index in [4.69, 9.17) is 0 Å². The Kier molecular flexibility index (Phi) is 4.42. The molecule has 1 aliphatic heterocycles. The van der Waals surface area contributed by atoms with Gasteiger partial charge in [-0.25, -0.2) is 25.6 Å². The first kappa shape index (κ1) is 18.0. The molecule has 2 aromatic rings. The summed E-state index contributed by atoms with van der Waals surface area (Å²) >= 11 is 0. The summed E-state index contributed by atoms with van der Waals surface area (Å²) < 4.78 is 77.1. The van der Waals surface area contributed by atoms with Crippen LogP contribution < -0.4 is 0 Å². The van der Waals surface area contributed by atoms with Gasteiger partial charge in [0, 0.05) is 13.1 Å². The van der Waals surface area contributed by atoms with Crippen LogP contribution in [0.15, 0.2) is 52.3 Å². The number of hydrogen-bond donors (Lipinski definition) is 0. The number of aryl methyl sites for hydroxylation is 1. The Labute approximate surface area is 144 Å². The van der Waals surface area contributed by atoms with Crippen LogP contribution in [0.3, 0.4) is 0 Å². The lowest BCUT2D eigenvalue weighted by Gasteiger charge is -2.37. The number of hydrogen-bond acceptors (Lipinski definition) is 4. The summed E-state index contributed by atoms with van der Waals surface area (Å²) in [5.74, 6) is -1.07. The SMILES string of the molecule is Cc1cc(S(=O)(=O)N2CC(S(=O)(=O)c3ccc(F)cc3)C2)ccc1F. The zero-order valence-electron chi connectivity index (χ0n) is 13.2. The molecule has 0 amide bonds. The molecular formula is C16H15F2NO4S2. The van der Waals surface area contributed by atoms with Gasteiger partial charge in [0.25, 0.3) is 0 Å². The van der Waals surface area contributed by atoms with E-state index in [9.17, 15) is 25.6 Å². The van der Waals surface area contributed by atoms with Gasteiger partial charge in [-0.15, -0.1) is 0 Å². The normalized spacial score (nSPS) is 16.6. The smallest absolute Gasteiger partial charge is 0.223 e. The molecule has 1 heterocycles. The molecule has 0 spiro atoms. The van der Waals surface area contributed by atoms with Crippen molar-refractivity contribution in [1.82, 2.24) is 4.31 Å². The largest absolute Gasteiger partial charge is 0.243 e. The first-order valence-electron chi connectivity index (χ1n) is 7.38. The predicted octanol–water partition coefficient (Wildman–Crippen LogP) is 2.12. The number of nitrogens with zero attached hydrogens (tertiary/aromatic N) is 1. The molecule has 0 aliphatic carbocycles. The van der Waals surface area contributed by atoms with Crippen molar-refractivity contribution in [3.8, 4) is 0 Å². The molecular weight excluding hydrogens is 372 g/mol. The Bertz CT molecular complexity index is 1010. The molecule has 0 saturated carbocycles. The first-order chi connectivity index (χ1) is 11.6. The minimum absolute atomic E-state index is 0.0476. The Morgan fingerprint density at radius 2 is 1.48 bits per heavy atom. The van der Waals surface area contributed by atoms with Crippen LogP contribution >= 0.6 is 0 Å².